The molecule has 100 valence electrons. The Hall–Kier alpha value is -0.120. The summed E-state index contributed by atoms with van der Waals surface area (Å²) in [6.45, 7) is 19.5. The highest BCUT2D eigenvalue weighted by atomic mass is 15.3. The molecule has 0 radical (unpaired) electrons. The number of hydrogen-bond acceptors (Lipinski definition) is 3. The van der Waals surface area contributed by atoms with E-state index in [1.807, 2.05) is 0 Å². The van der Waals surface area contributed by atoms with E-state index in [9.17, 15) is 0 Å². The van der Waals surface area contributed by atoms with Crippen LogP contribution < -0.4 is 0 Å². The van der Waals surface area contributed by atoms with Crippen molar-refractivity contribution in [3.05, 3.63) is 0 Å². The molecule has 2 fully saturated rings. The zero-order valence-electron chi connectivity index (χ0n) is 12.1. The molecule has 0 amide bonds. The third-order valence-corrected chi connectivity index (χ3v) is 4.32. The van der Waals surface area contributed by atoms with Crippen LogP contribution in [0.1, 0.15) is 27.7 Å². The summed E-state index contributed by atoms with van der Waals surface area (Å²) in [6.07, 6.45) is 0. The Morgan fingerprint density at radius 3 is 2.00 bits per heavy atom. The molecule has 2 saturated heterocycles. The summed E-state index contributed by atoms with van der Waals surface area (Å²) in [6, 6.07) is 0. The van der Waals surface area contributed by atoms with E-state index in [0.29, 0.717) is 5.54 Å². The first-order valence-electron chi connectivity index (χ1n) is 7.19. The smallest absolute Gasteiger partial charge is 0.0126 e. The molecule has 0 atom stereocenters. The summed E-state index contributed by atoms with van der Waals surface area (Å²) in [5, 5.41) is 0. The van der Waals surface area contributed by atoms with Crippen LogP contribution in [0.2, 0.25) is 0 Å². The van der Waals surface area contributed by atoms with E-state index in [0.717, 1.165) is 5.92 Å². The lowest BCUT2D eigenvalue weighted by molar-refractivity contribution is 0.0262. The number of piperazine rings is 1. The van der Waals surface area contributed by atoms with E-state index in [4.69, 9.17) is 0 Å². The van der Waals surface area contributed by atoms with Crippen LogP contribution in [-0.2, 0) is 0 Å². The Bertz CT molecular complexity index is 232. The second-order valence-electron chi connectivity index (χ2n) is 6.68. The van der Waals surface area contributed by atoms with Gasteiger partial charge in [0, 0.05) is 51.4 Å². The highest BCUT2D eigenvalue weighted by Crippen LogP contribution is 2.19. The van der Waals surface area contributed by atoms with E-state index in [-0.39, 0.29) is 0 Å². The molecule has 0 unspecified atom stereocenters. The van der Waals surface area contributed by atoms with Gasteiger partial charge in [0.2, 0.25) is 0 Å². The second-order valence-corrected chi connectivity index (χ2v) is 6.68. The average Bonchev–Trinajstić information content (AvgIpc) is 2.22. The van der Waals surface area contributed by atoms with Crippen molar-refractivity contribution in [2.24, 2.45) is 5.92 Å². The first kappa shape index (κ1) is 13.3. The SMILES string of the molecule is CCN1CC(CN2CCN(C(C)(C)C)CC2)C1. The first-order chi connectivity index (χ1) is 7.99. The van der Waals surface area contributed by atoms with Crippen molar-refractivity contribution in [3.63, 3.8) is 0 Å². The maximum absolute atomic E-state index is 2.67. The topological polar surface area (TPSA) is 9.72 Å². The fourth-order valence-electron chi connectivity index (χ4n) is 3.02. The van der Waals surface area contributed by atoms with Crippen LogP contribution >= 0.6 is 0 Å². The van der Waals surface area contributed by atoms with Gasteiger partial charge < -0.3 is 9.80 Å². The lowest BCUT2D eigenvalue weighted by Crippen LogP contribution is -2.57. The third kappa shape index (κ3) is 3.43. The van der Waals surface area contributed by atoms with Gasteiger partial charge in [-0.15, -0.1) is 0 Å². The maximum Gasteiger partial charge on any atom is 0.0126 e. The standard InChI is InChI=1S/C14H29N3/c1-5-15-10-13(11-15)12-16-6-8-17(9-7-16)14(2,3)4/h13H,5-12H2,1-4H3. The molecule has 17 heavy (non-hydrogen) atoms. The summed E-state index contributed by atoms with van der Waals surface area (Å²) < 4.78 is 0. The van der Waals surface area contributed by atoms with Crippen LogP contribution in [0.4, 0.5) is 0 Å². The van der Waals surface area contributed by atoms with Crippen molar-refractivity contribution in [1.82, 2.24) is 14.7 Å². The average molecular weight is 239 g/mol. The van der Waals surface area contributed by atoms with Crippen LogP contribution in [0, 0.1) is 5.92 Å². The molecule has 0 aliphatic carbocycles. The quantitative estimate of drug-likeness (QED) is 0.736. The monoisotopic (exact) mass is 239 g/mol. The van der Waals surface area contributed by atoms with Crippen LogP contribution in [0.25, 0.3) is 0 Å². The van der Waals surface area contributed by atoms with Gasteiger partial charge in [0.1, 0.15) is 0 Å². The van der Waals surface area contributed by atoms with E-state index in [2.05, 4.69) is 42.4 Å². The predicted molar refractivity (Wildman–Crippen MR) is 73.4 cm³/mol. The Balaban J connectivity index is 1.66. The maximum atomic E-state index is 2.67. The third-order valence-electron chi connectivity index (χ3n) is 4.32. The molecule has 2 heterocycles. The summed E-state index contributed by atoms with van der Waals surface area (Å²) in [7, 11) is 0. The van der Waals surface area contributed by atoms with Crippen molar-refractivity contribution >= 4 is 0 Å². The molecule has 0 saturated carbocycles. The first-order valence-corrected chi connectivity index (χ1v) is 7.19. The molecular weight excluding hydrogens is 210 g/mol. The van der Waals surface area contributed by atoms with Gasteiger partial charge in [-0.25, -0.2) is 0 Å². The molecule has 0 spiro atoms. The Morgan fingerprint density at radius 1 is 0.941 bits per heavy atom. The number of nitrogens with zero attached hydrogens (tertiary/aromatic N) is 3. The van der Waals surface area contributed by atoms with E-state index < -0.39 is 0 Å². The summed E-state index contributed by atoms with van der Waals surface area (Å²) in [5.41, 5.74) is 0.349. The largest absolute Gasteiger partial charge is 0.303 e. The van der Waals surface area contributed by atoms with Gasteiger partial charge >= 0.3 is 0 Å². The lowest BCUT2D eigenvalue weighted by Gasteiger charge is -2.45. The zero-order valence-corrected chi connectivity index (χ0v) is 12.1. The van der Waals surface area contributed by atoms with Crippen molar-refractivity contribution in [2.75, 3.05) is 52.4 Å². The normalized spacial score (nSPS) is 26.1. The Labute approximate surface area is 107 Å². The minimum Gasteiger partial charge on any atom is -0.303 e. The molecule has 0 aromatic rings. The van der Waals surface area contributed by atoms with Crippen molar-refractivity contribution in [1.29, 1.82) is 0 Å². The summed E-state index contributed by atoms with van der Waals surface area (Å²) >= 11 is 0. The van der Waals surface area contributed by atoms with E-state index in [1.54, 1.807) is 0 Å². The van der Waals surface area contributed by atoms with Crippen LogP contribution in [0.15, 0.2) is 0 Å². The van der Waals surface area contributed by atoms with Gasteiger partial charge in [-0.05, 0) is 33.2 Å². The molecule has 3 heteroatoms. The fourth-order valence-corrected chi connectivity index (χ4v) is 3.02. The van der Waals surface area contributed by atoms with Crippen molar-refractivity contribution in [2.45, 2.75) is 33.2 Å². The zero-order chi connectivity index (χ0) is 12.5. The van der Waals surface area contributed by atoms with Gasteiger partial charge in [-0.3, -0.25) is 4.90 Å². The van der Waals surface area contributed by atoms with Gasteiger partial charge in [0.15, 0.2) is 0 Å². The Morgan fingerprint density at radius 2 is 1.53 bits per heavy atom. The van der Waals surface area contributed by atoms with Gasteiger partial charge in [-0.1, -0.05) is 6.92 Å². The molecular formula is C14H29N3. The predicted octanol–water partition coefficient (Wildman–Crippen LogP) is 1.35. The van der Waals surface area contributed by atoms with E-state index >= 15 is 0 Å². The molecule has 2 rings (SSSR count). The fraction of sp³-hybridized carbons (Fsp3) is 1.00. The highest BCUT2D eigenvalue weighted by Gasteiger charge is 2.30. The van der Waals surface area contributed by atoms with Gasteiger partial charge in [-0.2, -0.15) is 0 Å². The second kappa shape index (κ2) is 5.25. The molecule has 2 aliphatic heterocycles. The Kier molecular flexibility index (Phi) is 4.11. The number of rotatable bonds is 3. The van der Waals surface area contributed by atoms with Crippen molar-refractivity contribution < 1.29 is 0 Å². The number of hydrogen-bond donors (Lipinski definition) is 0. The van der Waals surface area contributed by atoms with Gasteiger partial charge in [0.05, 0.1) is 0 Å². The van der Waals surface area contributed by atoms with Crippen LogP contribution in [0.5, 0.6) is 0 Å². The van der Waals surface area contributed by atoms with Gasteiger partial charge in [0.25, 0.3) is 0 Å². The molecule has 0 aromatic carbocycles. The molecule has 0 aromatic heterocycles. The van der Waals surface area contributed by atoms with Crippen molar-refractivity contribution in [3.8, 4) is 0 Å². The lowest BCUT2D eigenvalue weighted by atomic mass is 9.99. The van der Waals surface area contributed by atoms with E-state index in [1.165, 1.54) is 52.4 Å². The molecule has 3 nitrogen and oxygen atoms in total. The summed E-state index contributed by atoms with van der Waals surface area (Å²) in [4.78, 5) is 7.82. The molecule has 0 N–H and O–H groups in total. The molecule has 0 bridgehead atoms. The minimum atomic E-state index is 0.349. The van der Waals surface area contributed by atoms with Crippen LogP contribution in [-0.4, -0.2) is 72.6 Å². The summed E-state index contributed by atoms with van der Waals surface area (Å²) in [5.74, 6) is 0.941. The molecule has 2 aliphatic rings. The van der Waals surface area contributed by atoms with Crippen LogP contribution in [0.3, 0.4) is 0 Å². The minimum absolute atomic E-state index is 0.349. The highest BCUT2D eigenvalue weighted by molar-refractivity contribution is 4.86. The number of likely N-dealkylation sites (tertiary alicyclic amines) is 1.